The van der Waals surface area contributed by atoms with Crippen LogP contribution >= 0.6 is 0 Å². The first-order valence-electron chi connectivity index (χ1n) is 8.56. The molecule has 0 aromatic heterocycles. The molecule has 0 saturated heterocycles. The van der Waals surface area contributed by atoms with E-state index in [0.29, 0.717) is 12.5 Å². The Hall–Kier alpha value is -2.39. The third-order valence-corrected chi connectivity index (χ3v) is 5.52. The Bertz CT molecular complexity index is 926. The number of amides is 1. The maximum Gasteiger partial charge on any atom is 0.416 e. The number of sulfonamides is 1. The fourth-order valence-corrected chi connectivity index (χ4v) is 3.58. The highest BCUT2D eigenvalue weighted by Crippen LogP contribution is 2.30. The van der Waals surface area contributed by atoms with Crippen LogP contribution in [0.4, 0.5) is 13.2 Å². The first-order chi connectivity index (χ1) is 13.0. The van der Waals surface area contributed by atoms with Crippen molar-refractivity contribution >= 4 is 15.9 Å². The number of aryl methyl sites for hydroxylation is 1. The zero-order valence-electron chi connectivity index (χ0n) is 15.4. The van der Waals surface area contributed by atoms with E-state index in [-0.39, 0.29) is 6.04 Å². The Morgan fingerprint density at radius 2 is 1.75 bits per heavy atom. The fraction of sp³-hybridized carbons (Fsp3) is 0.316. The van der Waals surface area contributed by atoms with Gasteiger partial charge in [-0.05, 0) is 37.1 Å². The van der Waals surface area contributed by atoms with Crippen LogP contribution in [0.25, 0.3) is 0 Å². The van der Waals surface area contributed by atoms with Gasteiger partial charge >= 0.3 is 6.18 Å². The highest BCUT2D eigenvalue weighted by Gasteiger charge is 2.31. The van der Waals surface area contributed by atoms with Gasteiger partial charge in [0.25, 0.3) is 0 Å². The van der Waals surface area contributed by atoms with E-state index in [1.54, 1.807) is 0 Å². The van der Waals surface area contributed by atoms with Crippen LogP contribution in [-0.2, 0) is 21.0 Å². The van der Waals surface area contributed by atoms with Gasteiger partial charge in [0.1, 0.15) is 0 Å². The van der Waals surface area contributed by atoms with Crippen LogP contribution < -0.4 is 10.0 Å². The summed E-state index contributed by atoms with van der Waals surface area (Å²) in [6.45, 7) is 3.23. The van der Waals surface area contributed by atoms with Crippen LogP contribution in [0.1, 0.15) is 36.1 Å². The topological polar surface area (TPSA) is 75.3 Å². The summed E-state index contributed by atoms with van der Waals surface area (Å²) in [6.07, 6.45) is -4.07. The van der Waals surface area contributed by atoms with Gasteiger partial charge in [-0.3, -0.25) is 4.79 Å². The Morgan fingerprint density at radius 1 is 1.11 bits per heavy atom. The number of hydrogen-bond acceptors (Lipinski definition) is 3. The molecule has 1 amide bonds. The molecule has 0 heterocycles. The molecule has 2 N–H and O–H groups in total. The van der Waals surface area contributed by atoms with Crippen molar-refractivity contribution in [2.75, 3.05) is 6.54 Å². The van der Waals surface area contributed by atoms with Gasteiger partial charge in [-0.1, -0.05) is 42.8 Å². The normalized spacial score (nSPS) is 13.2. The number of benzene rings is 2. The maximum absolute atomic E-state index is 12.8. The molecule has 1 atom stereocenters. The average molecular weight is 414 g/mol. The van der Waals surface area contributed by atoms with E-state index in [1.807, 2.05) is 42.8 Å². The Balaban J connectivity index is 2.03. The van der Waals surface area contributed by atoms with Crippen molar-refractivity contribution in [3.63, 3.8) is 0 Å². The molecule has 0 bridgehead atoms. The summed E-state index contributed by atoms with van der Waals surface area (Å²) in [5.41, 5.74) is 0.867. The van der Waals surface area contributed by atoms with E-state index in [2.05, 4.69) is 5.32 Å². The zero-order chi connectivity index (χ0) is 20.9. The minimum Gasteiger partial charge on any atom is -0.348 e. The molecule has 0 fully saturated rings. The molecule has 0 radical (unpaired) electrons. The molecule has 0 aliphatic rings. The van der Waals surface area contributed by atoms with E-state index in [4.69, 9.17) is 0 Å². The number of halogens is 3. The number of nitrogens with one attached hydrogen (secondary N) is 2. The third-order valence-electron chi connectivity index (χ3n) is 4.12. The lowest BCUT2D eigenvalue weighted by atomic mass is 10.0. The second-order valence-corrected chi connectivity index (χ2v) is 8.06. The summed E-state index contributed by atoms with van der Waals surface area (Å²) < 4.78 is 64.8. The smallest absolute Gasteiger partial charge is 0.348 e. The molecule has 0 aliphatic carbocycles. The molecule has 152 valence electrons. The minimum absolute atomic E-state index is 0.300. The molecule has 2 rings (SSSR count). The van der Waals surface area contributed by atoms with E-state index in [0.717, 1.165) is 29.3 Å². The summed E-state index contributed by atoms with van der Waals surface area (Å²) in [5.74, 6) is -0.581. The molecule has 0 spiro atoms. The zero-order valence-corrected chi connectivity index (χ0v) is 16.2. The lowest BCUT2D eigenvalue weighted by molar-refractivity contribution is -0.137. The third kappa shape index (κ3) is 5.80. The number of alkyl halides is 3. The molecule has 0 saturated carbocycles. The van der Waals surface area contributed by atoms with Crippen LogP contribution in [0.5, 0.6) is 0 Å². The van der Waals surface area contributed by atoms with Crippen molar-refractivity contribution in [3.8, 4) is 0 Å². The molecule has 2 aromatic rings. The summed E-state index contributed by atoms with van der Waals surface area (Å²) in [6, 6.07) is 10.6. The maximum atomic E-state index is 12.8. The molecule has 28 heavy (non-hydrogen) atoms. The molecular formula is C19H21F3N2O3S. The lowest BCUT2D eigenvalue weighted by Gasteiger charge is -2.18. The summed E-state index contributed by atoms with van der Waals surface area (Å²) >= 11 is 0. The Morgan fingerprint density at radius 3 is 2.32 bits per heavy atom. The molecule has 2 aromatic carbocycles. The number of rotatable bonds is 7. The lowest BCUT2D eigenvalue weighted by Crippen LogP contribution is -2.38. The average Bonchev–Trinajstić information content (AvgIpc) is 2.65. The summed E-state index contributed by atoms with van der Waals surface area (Å²) in [5, 5.41) is 2.72. The monoisotopic (exact) mass is 414 g/mol. The first-order valence-corrected chi connectivity index (χ1v) is 10.0. The second-order valence-electron chi connectivity index (χ2n) is 6.29. The standard InChI is InChI=1S/C19H21F3N2O3S/c1-3-17(14-9-7-13(2)8-10-14)24-18(25)12-23-28(26,27)16-6-4-5-15(11-16)19(20,21)22/h4-11,17,23H,3,12H2,1-2H3,(H,24,25). The predicted octanol–water partition coefficient (Wildman–Crippen LogP) is 3.56. The Kier molecular flexibility index (Phi) is 6.84. The van der Waals surface area contributed by atoms with Crippen molar-refractivity contribution < 1.29 is 26.4 Å². The van der Waals surface area contributed by atoms with E-state index >= 15 is 0 Å². The van der Waals surface area contributed by atoms with Gasteiger partial charge in [-0.15, -0.1) is 0 Å². The minimum atomic E-state index is -4.66. The van der Waals surface area contributed by atoms with Crippen molar-refractivity contribution in [1.82, 2.24) is 10.0 Å². The van der Waals surface area contributed by atoms with Crippen molar-refractivity contribution in [2.24, 2.45) is 0 Å². The van der Waals surface area contributed by atoms with E-state index in [9.17, 15) is 26.4 Å². The van der Waals surface area contributed by atoms with Gasteiger partial charge in [0.15, 0.2) is 0 Å². The van der Waals surface area contributed by atoms with Crippen molar-refractivity contribution in [1.29, 1.82) is 0 Å². The number of carbonyl (C=O) groups excluding carboxylic acids is 1. The molecule has 0 aliphatic heterocycles. The van der Waals surface area contributed by atoms with Gasteiger partial charge in [-0.2, -0.15) is 13.2 Å². The number of carbonyl (C=O) groups is 1. The van der Waals surface area contributed by atoms with E-state index < -0.39 is 39.1 Å². The summed E-state index contributed by atoms with van der Waals surface area (Å²) in [7, 11) is -4.26. The van der Waals surface area contributed by atoms with Gasteiger partial charge in [0.05, 0.1) is 23.0 Å². The molecule has 5 nitrogen and oxygen atoms in total. The van der Waals surface area contributed by atoms with E-state index in [1.165, 1.54) is 0 Å². The fourth-order valence-electron chi connectivity index (χ4n) is 2.55. The van der Waals surface area contributed by atoms with Crippen LogP contribution in [-0.4, -0.2) is 20.9 Å². The molecular weight excluding hydrogens is 393 g/mol. The van der Waals surface area contributed by atoms with Crippen LogP contribution in [0, 0.1) is 6.92 Å². The van der Waals surface area contributed by atoms with Crippen LogP contribution in [0.15, 0.2) is 53.4 Å². The van der Waals surface area contributed by atoms with Gasteiger partial charge in [0.2, 0.25) is 15.9 Å². The van der Waals surface area contributed by atoms with Crippen LogP contribution in [0.3, 0.4) is 0 Å². The van der Waals surface area contributed by atoms with Crippen LogP contribution in [0.2, 0.25) is 0 Å². The highest BCUT2D eigenvalue weighted by atomic mass is 32.2. The van der Waals surface area contributed by atoms with Gasteiger partial charge in [-0.25, -0.2) is 13.1 Å². The summed E-state index contributed by atoms with van der Waals surface area (Å²) in [4.78, 5) is 11.6. The first kappa shape index (κ1) is 21.9. The van der Waals surface area contributed by atoms with Gasteiger partial charge in [0, 0.05) is 0 Å². The highest BCUT2D eigenvalue weighted by molar-refractivity contribution is 7.89. The second kappa shape index (κ2) is 8.74. The largest absolute Gasteiger partial charge is 0.416 e. The number of hydrogen-bond donors (Lipinski definition) is 2. The van der Waals surface area contributed by atoms with Gasteiger partial charge < -0.3 is 5.32 Å². The molecule has 1 unspecified atom stereocenters. The SMILES string of the molecule is CCC(NC(=O)CNS(=O)(=O)c1cccc(C(F)(F)F)c1)c1ccc(C)cc1. The predicted molar refractivity (Wildman–Crippen MR) is 99.0 cm³/mol. The van der Waals surface area contributed by atoms with Crippen molar-refractivity contribution in [3.05, 3.63) is 65.2 Å². The van der Waals surface area contributed by atoms with Crippen molar-refractivity contribution in [2.45, 2.75) is 37.4 Å². The molecule has 9 heteroatoms. The quantitative estimate of drug-likeness (QED) is 0.728. The Labute approximate surface area is 162 Å².